The highest BCUT2D eigenvalue weighted by Gasteiger charge is 2.24. The molecule has 5 nitrogen and oxygen atoms in total. The highest BCUT2D eigenvalue weighted by molar-refractivity contribution is 6.33. The molecule has 0 aliphatic rings. The molecule has 2 rings (SSSR count). The molecule has 2 aromatic rings. The molecule has 0 saturated heterocycles. The predicted octanol–water partition coefficient (Wildman–Crippen LogP) is 3.74. The number of rotatable bonds is 4. The van der Waals surface area contributed by atoms with Crippen LogP contribution in [0.4, 0.5) is 5.69 Å². The minimum Gasteiger partial charge on any atom is -0.345 e. The van der Waals surface area contributed by atoms with Gasteiger partial charge in [-0.2, -0.15) is 0 Å². The average Bonchev–Trinajstić information content (AvgIpc) is 2.47. The molecule has 0 aromatic heterocycles. The summed E-state index contributed by atoms with van der Waals surface area (Å²) < 4.78 is 0. The van der Waals surface area contributed by atoms with Crippen molar-refractivity contribution in [1.82, 2.24) is 5.32 Å². The molecule has 108 valence electrons. The summed E-state index contributed by atoms with van der Waals surface area (Å²) in [5, 5.41) is 13.7. The minimum atomic E-state index is -0.648. The van der Waals surface area contributed by atoms with Crippen LogP contribution in [-0.4, -0.2) is 10.8 Å². The van der Waals surface area contributed by atoms with Gasteiger partial charge >= 0.3 is 5.69 Å². The largest absolute Gasteiger partial charge is 0.345 e. The number of carbonyl (C=O) groups excluding carboxylic acids is 1. The Kier molecular flexibility index (Phi) is 4.55. The van der Waals surface area contributed by atoms with Crippen molar-refractivity contribution in [2.24, 2.45) is 0 Å². The van der Waals surface area contributed by atoms with Crippen molar-refractivity contribution in [3.8, 4) is 0 Å². The van der Waals surface area contributed by atoms with Gasteiger partial charge in [-0.1, -0.05) is 48.0 Å². The van der Waals surface area contributed by atoms with Gasteiger partial charge in [0.2, 0.25) is 0 Å². The zero-order valence-corrected chi connectivity index (χ0v) is 12.0. The van der Waals surface area contributed by atoms with E-state index in [1.54, 1.807) is 0 Å². The highest BCUT2D eigenvalue weighted by Crippen LogP contribution is 2.28. The zero-order valence-electron chi connectivity index (χ0n) is 11.2. The number of hydrogen-bond acceptors (Lipinski definition) is 3. The van der Waals surface area contributed by atoms with Crippen LogP contribution in [0.3, 0.4) is 0 Å². The Morgan fingerprint density at radius 2 is 1.86 bits per heavy atom. The number of amides is 1. The molecule has 0 fully saturated rings. The summed E-state index contributed by atoms with van der Waals surface area (Å²) in [4.78, 5) is 22.6. The maximum absolute atomic E-state index is 12.2. The summed E-state index contributed by atoms with van der Waals surface area (Å²) in [6.45, 7) is 1.81. The number of nitro groups is 1. The fraction of sp³-hybridized carbons (Fsp3) is 0.133. The SMILES string of the molecule is C[C@@H](NC(=O)c1cccc(Cl)c1[N+](=O)[O-])c1ccccc1. The number of para-hydroxylation sites is 1. The Morgan fingerprint density at radius 3 is 2.48 bits per heavy atom. The third kappa shape index (κ3) is 3.38. The third-order valence-electron chi connectivity index (χ3n) is 3.06. The first kappa shape index (κ1) is 15.0. The Hall–Kier alpha value is -2.40. The van der Waals surface area contributed by atoms with Gasteiger partial charge in [-0.05, 0) is 24.6 Å². The van der Waals surface area contributed by atoms with Gasteiger partial charge in [0.1, 0.15) is 10.6 Å². The number of nitrogens with one attached hydrogen (secondary N) is 1. The zero-order chi connectivity index (χ0) is 15.4. The quantitative estimate of drug-likeness (QED) is 0.691. The Balaban J connectivity index is 2.26. The molecule has 6 heteroatoms. The summed E-state index contributed by atoms with van der Waals surface area (Å²) >= 11 is 5.80. The maximum Gasteiger partial charge on any atom is 0.300 e. The van der Waals surface area contributed by atoms with Crippen LogP contribution in [0.25, 0.3) is 0 Å². The van der Waals surface area contributed by atoms with E-state index in [1.165, 1.54) is 18.2 Å². The van der Waals surface area contributed by atoms with Crippen LogP contribution in [0.5, 0.6) is 0 Å². The molecule has 0 spiro atoms. The Labute approximate surface area is 126 Å². The summed E-state index contributed by atoms with van der Waals surface area (Å²) in [6.07, 6.45) is 0. The molecule has 0 radical (unpaired) electrons. The second-order valence-corrected chi connectivity index (χ2v) is 4.91. The number of benzene rings is 2. The van der Waals surface area contributed by atoms with E-state index in [9.17, 15) is 14.9 Å². The molecule has 0 unspecified atom stereocenters. The maximum atomic E-state index is 12.2. The topological polar surface area (TPSA) is 72.2 Å². The van der Waals surface area contributed by atoms with Crippen molar-refractivity contribution in [3.05, 3.63) is 74.8 Å². The van der Waals surface area contributed by atoms with Crippen molar-refractivity contribution in [2.45, 2.75) is 13.0 Å². The van der Waals surface area contributed by atoms with E-state index >= 15 is 0 Å². The van der Waals surface area contributed by atoms with Gasteiger partial charge in [-0.25, -0.2) is 0 Å². The molecule has 1 atom stereocenters. The molecular weight excluding hydrogens is 292 g/mol. The highest BCUT2D eigenvalue weighted by atomic mass is 35.5. The molecule has 2 aromatic carbocycles. The van der Waals surface area contributed by atoms with Crippen molar-refractivity contribution in [3.63, 3.8) is 0 Å². The molecule has 0 aliphatic heterocycles. The molecule has 0 aliphatic carbocycles. The second kappa shape index (κ2) is 6.37. The van der Waals surface area contributed by atoms with Crippen molar-refractivity contribution < 1.29 is 9.72 Å². The summed E-state index contributed by atoms with van der Waals surface area (Å²) in [5.41, 5.74) is 0.489. The van der Waals surface area contributed by atoms with Crippen molar-refractivity contribution in [1.29, 1.82) is 0 Å². The number of nitro benzene ring substituents is 1. The molecule has 0 bridgehead atoms. The lowest BCUT2D eigenvalue weighted by Crippen LogP contribution is -2.27. The first-order valence-corrected chi connectivity index (χ1v) is 6.67. The summed E-state index contributed by atoms with van der Waals surface area (Å²) in [5.74, 6) is -0.527. The molecular formula is C15H13ClN2O3. The van der Waals surface area contributed by atoms with E-state index in [-0.39, 0.29) is 22.3 Å². The fourth-order valence-electron chi connectivity index (χ4n) is 1.98. The predicted molar refractivity (Wildman–Crippen MR) is 80.4 cm³/mol. The van der Waals surface area contributed by atoms with Crippen LogP contribution in [0.1, 0.15) is 28.9 Å². The number of nitrogens with zero attached hydrogens (tertiary/aromatic N) is 1. The standard InChI is InChI=1S/C15H13ClN2O3/c1-10(11-6-3-2-4-7-11)17-15(19)12-8-5-9-13(16)14(12)18(20)21/h2-10H,1H3,(H,17,19)/t10-/m1/s1. The van der Waals surface area contributed by atoms with Gasteiger partial charge in [0, 0.05) is 0 Å². The van der Waals surface area contributed by atoms with Crippen LogP contribution < -0.4 is 5.32 Å². The number of hydrogen-bond donors (Lipinski definition) is 1. The Bertz CT molecular complexity index is 674. The van der Waals surface area contributed by atoms with Gasteiger partial charge in [0.15, 0.2) is 0 Å². The lowest BCUT2D eigenvalue weighted by atomic mass is 10.1. The number of halogens is 1. The van der Waals surface area contributed by atoms with Gasteiger partial charge < -0.3 is 5.32 Å². The van der Waals surface area contributed by atoms with E-state index in [1.807, 2.05) is 37.3 Å². The minimum absolute atomic E-state index is 0.0460. The van der Waals surface area contributed by atoms with Crippen molar-refractivity contribution in [2.75, 3.05) is 0 Å². The number of carbonyl (C=O) groups is 1. The molecule has 0 heterocycles. The lowest BCUT2D eigenvalue weighted by Gasteiger charge is -2.14. The van der Waals surface area contributed by atoms with E-state index in [2.05, 4.69) is 5.32 Å². The van der Waals surface area contributed by atoms with Crippen LogP contribution in [0.15, 0.2) is 48.5 Å². The van der Waals surface area contributed by atoms with Crippen LogP contribution in [0.2, 0.25) is 5.02 Å². The van der Waals surface area contributed by atoms with Crippen LogP contribution >= 0.6 is 11.6 Å². The molecule has 21 heavy (non-hydrogen) atoms. The molecule has 1 N–H and O–H groups in total. The van der Waals surface area contributed by atoms with Gasteiger partial charge in [0.25, 0.3) is 5.91 Å². The monoisotopic (exact) mass is 304 g/mol. The summed E-state index contributed by atoms with van der Waals surface area (Å²) in [6, 6.07) is 13.4. The van der Waals surface area contributed by atoms with Crippen LogP contribution in [-0.2, 0) is 0 Å². The van der Waals surface area contributed by atoms with Crippen molar-refractivity contribution >= 4 is 23.2 Å². The second-order valence-electron chi connectivity index (χ2n) is 4.50. The fourth-order valence-corrected chi connectivity index (χ4v) is 2.23. The van der Waals surface area contributed by atoms with E-state index in [0.29, 0.717) is 0 Å². The molecule has 1 amide bonds. The normalized spacial score (nSPS) is 11.7. The van der Waals surface area contributed by atoms with E-state index in [4.69, 9.17) is 11.6 Å². The first-order chi connectivity index (χ1) is 10.0. The summed E-state index contributed by atoms with van der Waals surface area (Å²) in [7, 11) is 0. The smallest absolute Gasteiger partial charge is 0.300 e. The van der Waals surface area contributed by atoms with Crippen LogP contribution in [0, 0.1) is 10.1 Å². The Morgan fingerprint density at radius 1 is 1.19 bits per heavy atom. The average molecular weight is 305 g/mol. The first-order valence-electron chi connectivity index (χ1n) is 6.29. The van der Waals surface area contributed by atoms with Gasteiger partial charge in [-0.15, -0.1) is 0 Å². The molecule has 0 saturated carbocycles. The van der Waals surface area contributed by atoms with E-state index in [0.717, 1.165) is 5.56 Å². The van der Waals surface area contributed by atoms with Gasteiger partial charge in [0.05, 0.1) is 11.0 Å². The lowest BCUT2D eigenvalue weighted by molar-refractivity contribution is -0.385. The van der Waals surface area contributed by atoms with Gasteiger partial charge in [-0.3, -0.25) is 14.9 Å². The van der Waals surface area contributed by atoms with E-state index < -0.39 is 10.8 Å². The third-order valence-corrected chi connectivity index (χ3v) is 3.37.